The summed E-state index contributed by atoms with van der Waals surface area (Å²) in [6.07, 6.45) is 2.83. The van der Waals surface area contributed by atoms with Crippen molar-refractivity contribution in [3.63, 3.8) is 0 Å². The van der Waals surface area contributed by atoms with Gasteiger partial charge in [0.2, 0.25) is 0 Å². The molecule has 0 unspecified atom stereocenters. The van der Waals surface area contributed by atoms with Crippen molar-refractivity contribution in [1.29, 1.82) is 0 Å². The highest BCUT2D eigenvalue weighted by atomic mass is 35.5. The van der Waals surface area contributed by atoms with Gasteiger partial charge < -0.3 is 4.79 Å². The van der Waals surface area contributed by atoms with Crippen LogP contribution in [-0.4, -0.2) is 10.8 Å². The average molecular weight is 184 g/mol. The Morgan fingerprint density at radius 2 is 2.42 bits per heavy atom. The lowest BCUT2D eigenvalue weighted by Crippen LogP contribution is -1.96. The summed E-state index contributed by atoms with van der Waals surface area (Å²) in [7, 11) is 0. The van der Waals surface area contributed by atoms with Gasteiger partial charge in [-0.3, -0.25) is 4.98 Å². The number of aromatic nitrogens is 1. The van der Waals surface area contributed by atoms with Crippen LogP contribution in [0.15, 0.2) is 18.3 Å². The minimum atomic E-state index is 0.164. The van der Waals surface area contributed by atoms with E-state index >= 15 is 0 Å². The first-order valence-corrected chi connectivity index (χ1v) is 4.17. The van der Waals surface area contributed by atoms with Crippen LogP contribution < -0.4 is 0 Å². The molecule has 0 radical (unpaired) electrons. The number of carbonyl (C=O) groups is 1. The molecule has 3 heteroatoms. The summed E-state index contributed by atoms with van der Waals surface area (Å²) < 4.78 is 0. The predicted molar refractivity (Wildman–Crippen MR) is 48.2 cm³/mol. The molecule has 0 aliphatic rings. The van der Waals surface area contributed by atoms with Gasteiger partial charge in [0.15, 0.2) is 0 Å². The summed E-state index contributed by atoms with van der Waals surface area (Å²) in [4.78, 5) is 14.7. The number of hydrogen-bond donors (Lipinski definition) is 0. The maximum absolute atomic E-state index is 10.7. The van der Waals surface area contributed by atoms with E-state index in [4.69, 9.17) is 11.6 Å². The number of ketones is 1. The van der Waals surface area contributed by atoms with Crippen LogP contribution >= 0.6 is 11.6 Å². The molecule has 0 saturated carbocycles. The van der Waals surface area contributed by atoms with E-state index in [1.54, 1.807) is 25.3 Å². The molecular formula is C9H10ClNO. The minimum absolute atomic E-state index is 0.164. The highest BCUT2D eigenvalue weighted by Gasteiger charge is 2.01. The molecule has 1 aromatic heterocycles. The molecular weight excluding hydrogens is 174 g/mol. The van der Waals surface area contributed by atoms with E-state index in [1.807, 2.05) is 0 Å². The maximum atomic E-state index is 10.7. The molecule has 0 spiro atoms. The van der Waals surface area contributed by atoms with E-state index in [0.717, 1.165) is 5.69 Å². The Labute approximate surface area is 76.6 Å². The summed E-state index contributed by atoms with van der Waals surface area (Å²) in [5, 5.41) is 0.638. The quantitative estimate of drug-likeness (QED) is 0.720. The van der Waals surface area contributed by atoms with Crippen molar-refractivity contribution in [3.8, 4) is 0 Å². The van der Waals surface area contributed by atoms with Crippen LogP contribution in [0.2, 0.25) is 5.02 Å². The third-order valence-electron chi connectivity index (χ3n) is 1.55. The van der Waals surface area contributed by atoms with Gasteiger partial charge in [0.05, 0.1) is 10.7 Å². The third-order valence-corrected chi connectivity index (χ3v) is 1.89. The van der Waals surface area contributed by atoms with E-state index < -0.39 is 0 Å². The normalized spacial score (nSPS) is 9.83. The van der Waals surface area contributed by atoms with Crippen LogP contribution in [0.25, 0.3) is 0 Å². The van der Waals surface area contributed by atoms with Gasteiger partial charge in [-0.15, -0.1) is 0 Å². The first-order valence-electron chi connectivity index (χ1n) is 3.79. The first kappa shape index (κ1) is 9.20. The predicted octanol–water partition coefficient (Wildman–Crippen LogP) is 2.26. The zero-order valence-electron chi connectivity index (χ0n) is 6.88. The summed E-state index contributed by atoms with van der Waals surface area (Å²) >= 11 is 5.83. The number of nitrogens with zero attached hydrogens (tertiary/aromatic N) is 1. The van der Waals surface area contributed by atoms with Crippen LogP contribution in [0.3, 0.4) is 0 Å². The molecule has 0 atom stereocenters. The molecule has 0 bridgehead atoms. The smallest absolute Gasteiger partial charge is 0.130 e. The van der Waals surface area contributed by atoms with Crippen molar-refractivity contribution in [1.82, 2.24) is 4.98 Å². The molecule has 0 aromatic carbocycles. The maximum Gasteiger partial charge on any atom is 0.130 e. The summed E-state index contributed by atoms with van der Waals surface area (Å²) in [5.41, 5.74) is 0.800. The topological polar surface area (TPSA) is 30.0 Å². The van der Waals surface area contributed by atoms with Gasteiger partial charge in [-0.2, -0.15) is 0 Å². The number of halogens is 1. The van der Waals surface area contributed by atoms with Gasteiger partial charge in [0.25, 0.3) is 0 Å². The molecule has 0 N–H and O–H groups in total. The van der Waals surface area contributed by atoms with E-state index in [9.17, 15) is 4.79 Å². The van der Waals surface area contributed by atoms with Crippen molar-refractivity contribution >= 4 is 17.4 Å². The van der Waals surface area contributed by atoms with Crippen molar-refractivity contribution < 1.29 is 4.79 Å². The SMILES string of the molecule is CC(=O)CCc1ncccc1Cl. The molecule has 0 fully saturated rings. The zero-order chi connectivity index (χ0) is 8.97. The molecule has 12 heavy (non-hydrogen) atoms. The molecule has 64 valence electrons. The largest absolute Gasteiger partial charge is 0.300 e. The Hall–Kier alpha value is -0.890. The van der Waals surface area contributed by atoms with Crippen LogP contribution in [0, 0.1) is 0 Å². The monoisotopic (exact) mass is 183 g/mol. The standard InChI is InChI=1S/C9H10ClNO/c1-7(12)4-5-9-8(10)3-2-6-11-9/h2-3,6H,4-5H2,1H3. The molecule has 1 rings (SSSR count). The number of rotatable bonds is 3. The van der Waals surface area contributed by atoms with Gasteiger partial charge in [0, 0.05) is 12.6 Å². The van der Waals surface area contributed by atoms with E-state index in [1.165, 1.54) is 0 Å². The second kappa shape index (κ2) is 4.21. The highest BCUT2D eigenvalue weighted by molar-refractivity contribution is 6.31. The minimum Gasteiger partial charge on any atom is -0.300 e. The summed E-state index contributed by atoms with van der Waals surface area (Å²) in [6.45, 7) is 1.57. The van der Waals surface area contributed by atoms with Crippen LogP contribution in [0.1, 0.15) is 19.0 Å². The van der Waals surface area contributed by atoms with Gasteiger partial charge >= 0.3 is 0 Å². The molecule has 0 amide bonds. The van der Waals surface area contributed by atoms with Crippen LogP contribution in [0.5, 0.6) is 0 Å². The molecule has 0 aliphatic heterocycles. The lowest BCUT2D eigenvalue weighted by molar-refractivity contribution is -0.116. The van der Waals surface area contributed by atoms with Gasteiger partial charge in [-0.05, 0) is 25.5 Å². The first-order chi connectivity index (χ1) is 5.70. The molecule has 0 saturated heterocycles. The average Bonchev–Trinajstić information content (AvgIpc) is 2.03. The van der Waals surface area contributed by atoms with Crippen molar-refractivity contribution in [2.24, 2.45) is 0 Å². The molecule has 1 aromatic rings. The van der Waals surface area contributed by atoms with Crippen molar-refractivity contribution in [2.45, 2.75) is 19.8 Å². The Kier molecular flexibility index (Phi) is 3.23. The molecule has 2 nitrogen and oxygen atoms in total. The molecule has 0 aliphatic carbocycles. The fraction of sp³-hybridized carbons (Fsp3) is 0.333. The van der Waals surface area contributed by atoms with Crippen molar-refractivity contribution in [2.75, 3.05) is 0 Å². The van der Waals surface area contributed by atoms with Gasteiger partial charge in [0.1, 0.15) is 5.78 Å². The second-order valence-corrected chi connectivity index (χ2v) is 3.04. The zero-order valence-corrected chi connectivity index (χ0v) is 7.64. The summed E-state index contributed by atoms with van der Waals surface area (Å²) in [6, 6.07) is 3.56. The number of pyridine rings is 1. The van der Waals surface area contributed by atoms with Crippen LogP contribution in [0.4, 0.5) is 0 Å². The number of aryl methyl sites for hydroxylation is 1. The lowest BCUT2D eigenvalue weighted by atomic mass is 10.2. The highest BCUT2D eigenvalue weighted by Crippen LogP contribution is 2.13. The summed E-state index contributed by atoms with van der Waals surface area (Å²) in [5.74, 6) is 0.164. The van der Waals surface area contributed by atoms with Gasteiger partial charge in [-0.25, -0.2) is 0 Å². The number of Topliss-reactive ketones (excluding diaryl/α,β-unsaturated/α-hetero) is 1. The Morgan fingerprint density at radius 3 is 3.00 bits per heavy atom. The van der Waals surface area contributed by atoms with E-state index in [-0.39, 0.29) is 5.78 Å². The fourth-order valence-electron chi connectivity index (χ4n) is 0.897. The fourth-order valence-corrected chi connectivity index (χ4v) is 1.11. The van der Waals surface area contributed by atoms with Crippen molar-refractivity contribution in [3.05, 3.63) is 29.0 Å². The lowest BCUT2D eigenvalue weighted by Gasteiger charge is -1.99. The third kappa shape index (κ3) is 2.62. The number of carbonyl (C=O) groups excluding carboxylic acids is 1. The van der Waals surface area contributed by atoms with Gasteiger partial charge in [-0.1, -0.05) is 11.6 Å². The Morgan fingerprint density at radius 1 is 1.67 bits per heavy atom. The number of hydrogen-bond acceptors (Lipinski definition) is 2. The Balaban J connectivity index is 2.63. The Bertz CT molecular complexity index is 286. The molecule has 1 heterocycles. The van der Waals surface area contributed by atoms with E-state index in [2.05, 4.69) is 4.98 Å². The second-order valence-electron chi connectivity index (χ2n) is 2.63. The van der Waals surface area contributed by atoms with E-state index in [0.29, 0.717) is 17.9 Å². The van der Waals surface area contributed by atoms with Crippen LogP contribution in [-0.2, 0) is 11.2 Å².